The highest BCUT2D eigenvalue weighted by molar-refractivity contribution is 5.74. The summed E-state index contributed by atoms with van der Waals surface area (Å²) in [7, 11) is 0. The van der Waals surface area contributed by atoms with Crippen LogP contribution in [0.25, 0.3) is 0 Å². The van der Waals surface area contributed by atoms with Gasteiger partial charge in [0.15, 0.2) is 0 Å². The number of nitrogens with one attached hydrogen (secondary N) is 1. The molecule has 0 radical (unpaired) electrons. The summed E-state index contributed by atoms with van der Waals surface area (Å²) in [5.74, 6) is 0. The second kappa shape index (κ2) is 4.42. The predicted molar refractivity (Wildman–Crippen MR) is 60.8 cm³/mol. The lowest BCUT2D eigenvalue weighted by Crippen LogP contribution is -2.40. The van der Waals surface area contributed by atoms with Gasteiger partial charge < -0.3 is 10.2 Å². The van der Waals surface area contributed by atoms with Crippen LogP contribution >= 0.6 is 0 Å². The highest BCUT2D eigenvalue weighted by atomic mass is 16.2. The highest BCUT2D eigenvalue weighted by Crippen LogP contribution is 2.48. The molecule has 0 aromatic rings. The van der Waals surface area contributed by atoms with Crippen molar-refractivity contribution in [2.75, 3.05) is 19.6 Å². The summed E-state index contributed by atoms with van der Waals surface area (Å²) < 4.78 is 0. The summed E-state index contributed by atoms with van der Waals surface area (Å²) in [5, 5.41) is 3.10. The molecular weight excluding hydrogens is 188 g/mol. The fourth-order valence-corrected chi connectivity index (χ4v) is 2.52. The average molecular weight is 210 g/mol. The molecule has 0 aromatic heterocycles. The Hall–Kier alpha value is -0.730. The number of amides is 2. The summed E-state index contributed by atoms with van der Waals surface area (Å²) in [6.07, 6.45) is 7.47. The van der Waals surface area contributed by atoms with Gasteiger partial charge in [-0.3, -0.25) is 0 Å². The number of carbonyl (C=O) groups excluding carboxylic acids is 1. The van der Waals surface area contributed by atoms with Crippen LogP contribution in [0.5, 0.6) is 0 Å². The SMILES string of the molecule is CCCC1(CNC(=O)N2CCCC2)CC1. The summed E-state index contributed by atoms with van der Waals surface area (Å²) in [5.41, 5.74) is 0.476. The molecule has 0 aromatic carbocycles. The molecule has 15 heavy (non-hydrogen) atoms. The first-order valence-electron chi connectivity index (χ1n) is 6.29. The molecule has 1 N–H and O–H groups in total. The van der Waals surface area contributed by atoms with Crippen LogP contribution < -0.4 is 5.32 Å². The minimum Gasteiger partial charge on any atom is -0.337 e. The zero-order valence-electron chi connectivity index (χ0n) is 9.72. The smallest absolute Gasteiger partial charge is 0.317 e. The Balaban J connectivity index is 1.70. The first-order chi connectivity index (χ1) is 7.26. The summed E-state index contributed by atoms with van der Waals surface area (Å²) >= 11 is 0. The molecule has 2 rings (SSSR count). The molecule has 86 valence electrons. The van der Waals surface area contributed by atoms with Crippen LogP contribution in [0.2, 0.25) is 0 Å². The summed E-state index contributed by atoms with van der Waals surface area (Å²) in [6.45, 7) is 5.03. The molecule has 3 nitrogen and oxygen atoms in total. The van der Waals surface area contributed by atoms with Crippen molar-refractivity contribution in [3.05, 3.63) is 0 Å². The maximum atomic E-state index is 11.7. The summed E-state index contributed by atoms with van der Waals surface area (Å²) in [4.78, 5) is 13.7. The van der Waals surface area contributed by atoms with E-state index in [0.717, 1.165) is 19.6 Å². The minimum absolute atomic E-state index is 0.162. The van der Waals surface area contributed by atoms with Gasteiger partial charge in [-0.25, -0.2) is 4.79 Å². The van der Waals surface area contributed by atoms with Gasteiger partial charge in [0.05, 0.1) is 0 Å². The van der Waals surface area contributed by atoms with Crippen LogP contribution in [0.1, 0.15) is 45.4 Å². The van der Waals surface area contributed by atoms with E-state index in [9.17, 15) is 4.79 Å². The fraction of sp³-hybridized carbons (Fsp3) is 0.917. The van der Waals surface area contributed by atoms with Gasteiger partial charge in [-0.2, -0.15) is 0 Å². The largest absolute Gasteiger partial charge is 0.337 e. The third-order valence-electron chi connectivity index (χ3n) is 3.75. The van der Waals surface area contributed by atoms with Crippen molar-refractivity contribution >= 4 is 6.03 Å². The normalized spacial score (nSPS) is 22.9. The van der Waals surface area contributed by atoms with E-state index in [2.05, 4.69) is 12.2 Å². The Morgan fingerprint density at radius 1 is 1.33 bits per heavy atom. The van der Waals surface area contributed by atoms with Gasteiger partial charge in [-0.1, -0.05) is 13.3 Å². The number of rotatable bonds is 4. The lowest BCUT2D eigenvalue weighted by atomic mass is 10.0. The molecule has 3 heteroatoms. The Kier molecular flexibility index (Phi) is 3.17. The van der Waals surface area contributed by atoms with Crippen LogP contribution in [0.15, 0.2) is 0 Å². The number of nitrogens with zero attached hydrogens (tertiary/aromatic N) is 1. The third kappa shape index (κ3) is 2.64. The maximum absolute atomic E-state index is 11.7. The van der Waals surface area contributed by atoms with Crippen molar-refractivity contribution in [3.8, 4) is 0 Å². The number of hydrogen-bond donors (Lipinski definition) is 1. The van der Waals surface area contributed by atoms with Crippen molar-refractivity contribution in [1.29, 1.82) is 0 Å². The molecule has 2 fully saturated rings. The standard InChI is InChI=1S/C12H22N2O/c1-2-5-12(6-7-12)10-13-11(15)14-8-3-4-9-14/h2-10H2,1H3,(H,13,15). The van der Waals surface area contributed by atoms with Crippen molar-refractivity contribution in [2.24, 2.45) is 5.41 Å². The van der Waals surface area contributed by atoms with Crippen molar-refractivity contribution in [2.45, 2.75) is 45.4 Å². The van der Waals surface area contributed by atoms with Gasteiger partial charge in [-0.05, 0) is 37.5 Å². The van der Waals surface area contributed by atoms with Gasteiger partial charge >= 0.3 is 6.03 Å². The number of likely N-dealkylation sites (tertiary alicyclic amines) is 1. The monoisotopic (exact) mass is 210 g/mol. The first-order valence-corrected chi connectivity index (χ1v) is 6.29. The van der Waals surface area contributed by atoms with Gasteiger partial charge in [-0.15, -0.1) is 0 Å². The molecule has 0 unspecified atom stereocenters. The molecule has 2 aliphatic rings. The van der Waals surface area contributed by atoms with E-state index < -0.39 is 0 Å². The van der Waals surface area contributed by atoms with Crippen molar-refractivity contribution in [1.82, 2.24) is 10.2 Å². The van der Waals surface area contributed by atoms with Gasteiger partial charge in [0.25, 0.3) is 0 Å². The number of hydrogen-bond acceptors (Lipinski definition) is 1. The zero-order valence-corrected chi connectivity index (χ0v) is 9.72. The third-order valence-corrected chi connectivity index (χ3v) is 3.75. The van der Waals surface area contributed by atoms with E-state index >= 15 is 0 Å². The van der Waals surface area contributed by atoms with E-state index in [0.29, 0.717) is 5.41 Å². The number of carbonyl (C=O) groups is 1. The van der Waals surface area contributed by atoms with E-state index in [1.807, 2.05) is 4.90 Å². The minimum atomic E-state index is 0.162. The highest BCUT2D eigenvalue weighted by Gasteiger charge is 2.41. The van der Waals surface area contributed by atoms with Gasteiger partial charge in [0.1, 0.15) is 0 Å². The average Bonchev–Trinajstić information content (AvgIpc) is 2.81. The molecule has 1 aliphatic heterocycles. The van der Waals surface area contributed by atoms with Crippen LogP contribution in [0.3, 0.4) is 0 Å². The Labute approximate surface area is 92.2 Å². The quantitative estimate of drug-likeness (QED) is 0.759. The van der Waals surface area contributed by atoms with Gasteiger partial charge in [0.2, 0.25) is 0 Å². The lowest BCUT2D eigenvalue weighted by molar-refractivity contribution is 0.205. The van der Waals surface area contributed by atoms with Gasteiger partial charge in [0, 0.05) is 19.6 Å². The summed E-state index contributed by atoms with van der Waals surface area (Å²) in [6, 6.07) is 0.162. The first kappa shape index (κ1) is 10.8. The Morgan fingerprint density at radius 3 is 2.53 bits per heavy atom. The zero-order chi connectivity index (χ0) is 10.7. The van der Waals surface area contributed by atoms with E-state index in [1.165, 1.54) is 38.5 Å². The second-order valence-corrected chi connectivity index (χ2v) is 5.10. The van der Waals surface area contributed by atoms with Crippen LogP contribution in [-0.4, -0.2) is 30.6 Å². The topological polar surface area (TPSA) is 32.3 Å². The Morgan fingerprint density at radius 2 is 2.00 bits per heavy atom. The molecule has 1 saturated carbocycles. The molecular formula is C12H22N2O. The predicted octanol–water partition coefficient (Wildman–Crippen LogP) is 2.37. The van der Waals surface area contributed by atoms with Crippen molar-refractivity contribution in [3.63, 3.8) is 0 Å². The molecule has 1 saturated heterocycles. The number of urea groups is 1. The second-order valence-electron chi connectivity index (χ2n) is 5.10. The van der Waals surface area contributed by atoms with Crippen LogP contribution in [0.4, 0.5) is 4.79 Å². The van der Waals surface area contributed by atoms with E-state index in [1.54, 1.807) is 0 Å². The van der Waals surface area contributed by atoms with E-state index in [-0.39, 0.29) is 6.03 Å². The van der Waals surface area contributed by atoms with E-state index in [4.69, 9.17) is 0 Å². The molecule has 1 aliphatic carbocycles. The van der Waals surface area contributed by atoms with Crippen LogP contribution in [0, 0.1) is 5.41 Å². The molecule has 2 amide bonds. The molecule has 0 bridgehead atoms. The fourth-order valence-electron chi connectivity index (χ4n) is 2.52. The molecule has 0 spiro atoms. The maximum Gasteiger partial charge on any atom is 0.317 e. The molecule has 1 heterocycles. The Bertz CT molecular complexity index is 230. The molecule has 0 atom stereocenters. The lowest BCUT2D eigenvalue weighted by Gasteiger charge is -2.20. The van der Waals surface area contributed by atoms with Crippen LogP contribution in [-0.2, 0) is 0 Å². The van der Waals surface area contributed by atoms with Crippen molar-refractivity contribution < 1.29 is 4.79 Å².